The smallest absolute Gasteiger partial charge is 0.323 e. The van der Waals surface area contributed by atoms with Crippen LogP contribution in [0.3, 0.4) is 0 Å². The summed E-state index contributed by atoms with van der Waals surface area (Å²) in [6.45, 7) is -10.8. The highest BCUT2D eigenvalue weighted by Gasteiger charge is 3.00. The molecule has 0 aliphatic carbocycles. The molecule has 1 nitrogen and oxygen atoms in total. The Bertz CT molecular complexity index is 3040. The highest BCUT2D eigenvalue weighted by Crippen LogP contribution is 2.71. The molecule has 0 saturated heterocycles. The van der Waals surface area contributed by atoms with Crippen molar-refractivity contribution in [1.29, 1.82) is 0 Å². The molecule has 0 amide bonds. The van der Waals surface area contributed by atoms with Gasteiger partial charge < -0.3 is 4.48 Å². The Balaban J connectivity index is 8.87. The van der Waals surface area contributed by atoms with Crippen molar-refractivity contribution in [2.24, 2.45) is 0 Å². The van der Waals surface area contributed by atoms with Gasteiger partial charge in [0, 0.05) is 19.3 Å². The van der Waals surface area contributed by atoms with Crippen molar-refractivity contribution in [3.8, 4) is 0 Å². The molecule has 0 aliphatic rings. The molecule has 0 aromatic carbocycles. The van der Waals surface area contributed by atoms with E-state index >= 15 is 17.6 Å². The van der Waals surface area contributed by atoms with E-state index in [0.29, 0.717) is 0 Å². The monoisotopic (exact) mass is 1930 g/mol. The molecule has 0 aromatic rings. The van der Waals surface area contributed by atoms with Crippen LogP contribution < -0.4 is 0 Å². The van der Waals surface area contributed by atoms with Crippen LogP contribution in [0.15, 0.2) is 0 Å². The molecule has 0 bridgehead atoms. The number of unbranched alkanes of at least 4 members (excludes halogenated alkanes) is 6. The SMILES string of the molecule is FC(F)(F)C(F)(F)C(F)(F)C(F)(F)C(F)(F)C(F)(F)C(F)(F)C(F)(F)CCCCC[N+](CCCCCC(F)(F)C(F)(F)C(F)(F)C(F)(F)C(F)(F)C(F)(F)C(F)(F)C(F)(F)F)(CCCCCC(F)(F)C(F)(F)C(F)(F)C(F)(F)C(F)(F)C(F)(F)C(F)(F)C(F)(F)F)CCC(F)(F)C(F)(F)C(F)(F)C(F)(F)C(F)(F)C(F)(F)C(F)(F)C(F)(F)F. The first-order valence-corrected chi connectivity index (χ1v) is 29.0. The van der Waals surface area contributed by atoms with Crippen LogP contribution in [-0.2, 0) is 0 Å². The largest absolute Gasteiger partial charge is 0.460 e. The molecule has 0 fully saturated rings. The average Bonchev–Trinajstić information content (AvgIpc) is 0.708. The summed E-state index contributed by atoms with van der Waals surface area (Å²) < 4.78 is 945. The second kappa shape index (κ2) is 31.4. The zero-order valence-electron chi connectivity index (χ0n) is 54.2. The average molecular weight is 1930 g/mol. The molecule has 0 heterocycles. The van der Waals surface area contributed by atoms with Crippen molar-refractivity contribution in [2.75, 3.05) is 26.2 Å². The Labute approximate surface area is 603 Å². The lowest BCUT2D eigenvalue weighted by atomic mass is 9.87. The van der Waals surface area contributed by atoms with Crippen LogP contribution in [0, 0.1) is 0 Å². The molecular weight excluding hydrogens is 1890 g/mol. The molecule has 118 heavy (non-hydrogen) atoms. The van der Waals surface area contributed by atoms with Gasteiger partial charge in [0.2, 0.25) is 0 Å². The molecule has 0 radical (unpaired) electrons. The van der Waals surface area contributed by atoms with Gasteiger partial charge in [-0.3, -0.25) is 0 Å². The second-order valence-corrected chi connectivity index (χ2v) is 25.0. The molecule has 69 heteroatoms. The molecule has 710 valence electrons. The van der Waals surface area contributed by atoms with E-state index in [2.05, 4.69) is 0 Å². The van der Waals surface area contributed by atoms with E-state index < -0.39 is 305 Å². The Morgan fingerprint density at radius 2 is 0.212 bits per heavy atom. The quantitative estimate of drug-likeness (QED) is 0.0324. The molecule has 0 unspecified atom stereocenters. The number of nitrogens with zero attached hydrogens (tertiary/aromatic N) is 1. The normalized spacial score (nSPS) is 16.9. The highest BCUT2D eigenvalue weighted by atomic mass is 19.5. The third-order valence-electron chi connectivity index (χ3n) is 16.9. The van der Waals surface area contributed by atoms with Crippen molar-refractivity contribution in [1.82, 2.24) is 0 Å². The molecule has 0 spiro atoms. The Hall–Kier alpha value is -4.80. The first-order valence-electron chi connectivity index (χ1n) is 29.0. The minimum atomic E-state index is -9.68. The Morgan fingerprint density at radius 1 is 0.102 bits per heavy atom. The minimum absolute atomic E-state index is 2.27. The topological polar surface area (TPSA) is 0 Å². The summed E-state index contributed by atoms with van der Waals surface area (Å²) >= 11 is 0. The van der Waals surface area contributed by atoms with Crippen molar-refractivity contribution in [3.05, 3.63) is 0 Å². The van der Waals surface area contributed by atoms with Gasteiger partial charge in [-0.05, 0) is 57.8 Å². The predicted octanol–water partition coefficient (Wildman–Crippen LogP) is 26.9. The summed E-state index contributed by atoms with van der Waals surface area (Å²) in [6, 6.07) is 0. The Kier molecular flexibility index (Phi) is 30.1. The summed E-state index contributed by atoms with van der Waals surface area (Å²) in [4.78, 5) is 0. The summed E-state index contributed by atoms with van der Waals surface area (Å²) in [6.07, 6.45) is -71.2. The molecule has 0 atom stereocenters. The van der Waals surface area contributed by atoms with E-state index in [4.69, 9.17) is 0 Å². The highest BCUT2D eigenvalue weighted by molar-refractivity contribution is 5.20. The van der Waals surface area contributed by atoms with Crippen molar-refractivity contribution < 1.29 is 303 Å². The van der Waals surface area contributed by atoms with Gasteiger partial charge in [-0.2, -0.15) is 299 Å². The molecule has 0 aliphatic heterocycles. The maximum Gasteiger partial charge on any atom is 0.460 e. The zero-order valence-corrected chi connectivity index (χ0v) is 54.2. The fourth-order valence-corrected chi connectivity index (χ4v) is 9.37. The van der Waals surface area contributed by atoms with Crippen LogP contribution >= 0.6 is 0 Å². The lowest BCUT2D eigenvalue weighted by Gasteiger charge is -2.44. The van der Waals surface area contributed by atoms with Crippen LogP contribution in [0.4, 0.5) is 299 Å². The van der Waals surface area contributed by atoms with Crippen LogP contribution in [0.2, 0.25) is 0 Å². The van der Waals surface area contributed by atoms with Gasteiger partial charge in [0.05, 0.1) is 32.6 Å². The third-order valence-corrected chi connectivity index (χ3v) is 16.9. The van der Waals surface area contributed by atoms with Crippen LogP contribution in [0.5, 0.6) is 0 Å². The Morgan fingerprint density at radius 3 is 0.339 bits per heavy atom. The maximum absolute atomic E-state index is 15.5. The number of alkyl halides is 68. The molecule has 0 N–H and O–H groups in total. The lowest BCUT2D eigenvalue weighted by Crippen LogP contribution is -2.74. The van der Waals surface area contributed by atoms with Crippen LogP contribution in [0.25, 0.3) is 0 Å². The predicted molar refractivity (Wildman–Crippen MR) is 242 cm³/mol. The molecular formula is C49H34F68N+. The first-order chi connectivity index (χ1) is 50.3. The standard InChI is InChI=1S/C49H34F68N/c50-18(51,22(58,59)26(66,67)30(74,75)34(82,83)38(90,91)42(98,99)46(106,107)108)10-4-1-7-14-118(17-13-21(56,57)25(64,65)29(72,73)33(80,81)37(88,89)41(96,97)45(104,105)49(115,116)117,15-8-2-5-11-19(52,53)23(60,61)27(68,69)31(76,77)35(84,85)39(92,93)43(100,101)47(109,110)111)16-9-3-6-12-20(54,55)24(62,63)28(70,71)32(78,79)36(86,87)40(94,95)44(102,103)48(112,113)114/h1-17H2/q+1. The fraction of sp³-hybridized carbons (Fsp3) is 1.00. The molecule has 0 rings (SSSR count). The number of hydrogen-bond donors (Lipinski definition) is 0. The van der Waals surface area contributed by atoms with Crippen molar-refractivity contribution in [2.45, 2.75) is 274 Å². The van der Waals surface area contributed by atoms with Gasteiger partial charge in [-0.1, -0.05) is 0 Å². The number of halogens is 68. The van der Waals surface area contributed by atoms with Crippen molar-refractivity contribution >= 4 is 0 Å². The first kappa shape index (κ1) is 113. The van der Waals surface area contributed by atoms with Gasteiger partial charge in [0.15, 0.2) is 0 Å². The number of hydrogen-bond acceptors (Lipinski definition) is 0. The summed E-state index contributed by atoms with van der Waals surface area (Å²) in [5.74, 6) is -252. The molecule has 0 aromatic heterocycles. The van der Waals surface area contributed by atoms with Gasteiger partial charge in [-0.25, -0.2) is 0 Å². The van der Waals surface area contributed by atoms with E-state index in [-0.39, 0.29) is 0 Å². The van der Waals surface area contributed by atoms with E-state index in [1.807, 2.05) is 0 Å². The van der Waals surface area contributed by atoms with Gasteiger partial charge in [0.25, 0.3) is 0 Å². The summed E-state index contributed by atoms with van der Waals surface area (Å²) in [5, 5.41) is 0. The zero-order chi connectivity index (χ0) is 96.5. The molecule has 0 saturated carbocycles. The summed E-state index contributed by atoms with van der Waals surface area (Å²) in [7, 11) is 0. The van der Waals surface area contributed by atoms with Gasteiger partial charge >= 0.3 is 191 Å². The summed E-state index contributed by atoms with van der Waals surface area (Å²) in [5.41, 5.74) is 0. The number of quaternary nitrogens is 1. The van der Waals surface area contributed by atoms with E-state index in [0.717, 1.165) is 0 Å². The van der Waals surface area contributed by atoms with E-state index in [1.54, 1.807) is 0 Å². The van der Waals surface area contributed by atoms with Crippen molar-refractivity contribution in [3.63, 3.8) is 0 Å². The van der Waals surface area contributed by atoms with E-state index in [1.165, 1.54) is 0 Å². The van der Waals surface area contributed by atoms with Crippen LogP contribution in [-0.4, -0.2) is 221 Å². The fourth-order valence-electron chi connectivity index (χ4n) is 9.37. The minimum Gasteiger partial charge on any atom is -0.323 e. The third kappa shape index (κ3) is 16.7. The lowest BCUT2D eigenvalue weighted by molar-refractivity contribution is -0.930. The maximum atomic E-state index is 15.5. The van der Waals surface area contributed by atoms with Gasteiger partial charge in [-0.15, -0.1) is 0 Å². The second-order valence-electron chi connectivity index (χ2n) is 25.0. The van der Waals surface area contributed by atoms with Gasteiger partial charge in [0.1, 0.15) is 0 Å². The van der Waals surface area contributed by atoms with E-state index in [9.17, 15) is 281 Å². The number of rotatable bonds is 45. The van der Waals surface area contributed by atoms with Crippen LogP contribution in [0.1, 0.15) is 83.5 Å².